The summed E-state index contributed by atoms with van der Waals surface area (Å²) in [5.41, 5.74) is 0.829. The predicted octanol–water partition coefficient (Wildman–Crippen LogP) is 3.11. The normalized spacial score (nSPS) is 16.9. The van der Waals surface area contributed by atoms with Crippen molar-refractivity contribution in [2.75, 3.05) is 0 Å². The van der Waals surface area contributed by atoms with Crippen molar-refractivity contribution in [2.24, 2.45) is 4.99 Å². The SMILES string of the molecule is O=C(O)CCC1C(C(=O)O)=Nc2cc(Cl)cc(Cl)c21. The fourth-order valence-electron chi connectivity index (χ4n) is 2.10. The number of fused-ring (bicyclic) bond motifs is 1. The summed E-state index contributed by atoms with van der Waals surface area (Å²) in [5.74, 6) is -2.80. The maximum atomic E-state index is 11.2. The molecule has 1 aliphatic rings. The molecule has 7 heteroatoms. The van der Waals surface area contributed by atoms with Crippen LogP contribution in [0.25, 0.3) is 0 Å². The van der Waals surface area contributed by atoms with E-state index in [1.165, 1.54) is 12.1 Å². The van der Waals surface area contributed by atoms with E-state index in [1.807, 2.05) is 0 Å². The van der Waals surface area contributed by atoms with Crippen LogP contribution in [0.3, 0.4) is 0 Å². The Bertz CT molecular complexity index is 598. The first-order valence-corrected chi connectivity index (χ1v) is 6.18. The van der Waals surface area contributed by atoms with Crippen molar-refractivity contribution in [3.8, 4) is 0 Å². The van der Waals surface area contributed by atoms with Crippen molar-refractivity contribution >= 4 is 46.5 Å². The molecule has 1 unspecified atom stereocenters. The highest BCUT2D eigenvalue weighted by molar-refractivity contribution is 6.42. The van der Waals surface area contributed by atoms with Crippen LogP contribution in [0.2, 0.25) is 10.0 Å². The Kier molecular flexibility index (Phi) is 3.78. The lowest BCUT2D eigenvalue weighted by atomic mass is 9.91. The Hall–Kier alpha value is -1.59. The summed E-state index contributed by atoms with van der Waals surface area (Å²) in [6.07, 6.45) is -0.0236. The van der Waals surface area contributed by atoms with Gasteiger partial charge in [-0.15, -0.1) is 0 Å². The van der Waals surface area contributed by atoms with Crippen LogP contribution in [0.15, 0.2) is 17.1 Å². The number of carboxylic acids is 2. The van der Waals surface area contributed by atoms with Crippen molar-refractivity contribution in [2.45, 2.75) is 18.8 Å². The molecule has 0 aromatic heterocycles. The average molecular weight is 302 g/mol. The van der Waals surface area contributed by atoms with Crippen molar-refractivity contribution in [3.63, 3.8) is 0 Å². The molecule has 0 spiro atoms. The van der Waals surface area contributed by atoms with Crippen molar-refractivity contribution in [3.05, 3.63) is 27.7 Å². The number of rotatable bonds is 4. The van der Waals surface area contributed by atoms with Gasteiger partial charge in [0.2, 0.25) is 0 Å². The summed E-state index contributed by atoms with van der Waals surface area (Å²) in [6, 6.07) is 3.02. The van der Waals surface area contributed by atoms with Gasteiger partial charge in [0.15, 0.2) is 0 Å². The van der Waals surface area contributed by atoms with E-state index in [2.05, 4.69) is 4.99 Å². The van der Waals surface area contributed by atoms with Gasteiger partial charge in [-0.1, -0.05) is 23.2 Å². The molecule has 1 heterocycles. The van der Waals surface area contributed by atoms with E-state index in [-0.39, 0.29) is 18.6 Å². The van der Waals surface area contributed by atoms with Crippen LogP contribution in [0.1, 0.15) is 24.3 Å². The second-order valence-corrected chi connectivity index (χ2v) is 4.95. The van der Waals surface area contributed by atoms with Crippen LogP contribution in [0.4, 0.5) is 5.69 Å². The number of carbonyl (C=O) groups is 2. The first-order chi connectivity index (χ1) is 8.90. The molecular weight excluding hydrogens is 293 g/mol. The fraction of sp³-hybridized carbons (Fsp3) is 0.250. The van der Waals surface area contributed by atoms with E-state index in [0.29, 0.717) is 21.3 Å². The Labute approximate surface area is 118 Å². The lowest BCUT2D eigenvalue weighted by Crippen LogP contribution is -2.19. The second-order valence-electron chi connectivity index (χ2n) is 4.11. The topological polar surface area (TPSA) is 87.0 Å². The molecule has 0 saturated heterocycles. The molecule has 1 atom stereocenters. The summed E-state index contributed by atoms with van der Waals surface area (Å²) < 4.78 is 0. The maximum Gasteiger partial charge on any atom is 0.350 e. The molecule has 2 rings (SSSR count). The lowest BCUT2D eigenvalue weighted by Gasteiger charge is -2.12. The number of aliphatic imine (C=N–C) groups is 1. The van der Waals surface area contributed by atoms with Gasteiger partial charge in [-0.25, -0.2) is 9.79 Å². The maximum absolute atomic E-state index is 11.2. The van der Waals surface area contributed by atoms with Gasteiger partial charge in [-0.3, -0.25) is 4.79 Å². The van der Waals surface area contributed by atoms with Gasteiger partial charge in [0.25, 0.3) is 0 Å². The third-order valence-corrected chi connectivity index (χ3v) is 3.39. The largest absolute Gasteiger partial charge is 0.481 e. The Morgan fingerprint density at radius 3 is 2.53 bits per heavy atom. The van der Waals surface area contributed by atoms with Crippen molar-refractivity contribution in [1.29, 1.82) is 0 Å². The molecule has 1 aromatic carbocycles. The highest BCUT2D eigenvalue weighted by atomic mass is 35.5. The smallest absolute Gasteiger partial charge is 0.350 e. The highest BCUT2D eigenvalue weighted by Crippen LogP contribution is 2.44. The zero-order valence-electron chi connectivity index (χ0n) is 9.56. The van der Waals surface area contributed by atoms with E-state index in [9.17, 15) is 9.59 Å². The summed E-state index contributed by atoms with van der Waals surface area (Å²) in [4.78, 5) is 25.8. The number of halogens is 2. The molecule has 1 aromatic rings. The van der Waals surface area contributed by atoms with Gasteiger partial charge in [0.1, 0.15) is 5.71 Å². The predicted molar refractivity (Wildman–Crippen MR) is 70.8 cm³/mol. The molecule has 19 heavy (non-hydrogen) atoms. The number of nitrogens with zero attached hydrogens (tertiary/aromatic N) is 1. The summed E-state index contributed by atoms with van der Waals surface area (Å²) in [7, 11) is 0. The quantitative estimate of drug-likeness (QED) is 0.894. The zero-order valence-corrected chi connectivity index (χ0v) is 11.1. The van der Waals surface area contributed by atoms with E-state index in [1.54, 1.807) is 0 Å². The third kappa shape index (κ3) is 2.72. The van der Waals surface area contributed by atoms with Gasteiger partial charge in [-0.05, 0) is 18.6 Å². The van der Waals surface area contributed by atoms with Gasteiger partial charge < -0.3 is 10.2 Å². The molecule has 2 N–H and O–H groups in total. The van der Waals surface area contributed by atoms with E-state index in [4.69, 9.17) is 33.4 Å². The zero-order chi connectivity index (χ0) is 14.2. The number of hydrogen-bond acceptors (Lipinski definition) is 3. The van der Waals surface area contributed by atoms with E-state index >= 15 is 0 Å². The molecule has 0 bridgehead atoms. The van der Waals surface area contributed by atoms with E-state index < -0.39 is 17.9 Å². The molecule has 100 valence electrons. The van der Waals surface area contributed by atoms with Crippen LogP contribution in [-0.4, -0.2) is 27.9 Å². The molecule has 1 aliphatic heterocycles. The minimum absolute atomic E-state index is 0.0968. The molecule has 0 aliphatic carbocycles. The average Bonchev–Trinajstić information content (AvgIpc) is 2.64. The fourth-order valence-corrected chi connectivity index (χ4v) is 2.71. The first kappa shape index (κ1) is 13.8. The standard InChI is InChI=1S/C12H9Cl2NO4/c13-5-3-7(14)10-6(1-2-9(16)17)11(12(18)19)15-8(10)4-5/h3-4,6H,1-2H2,(H,16,17)(H,18,19). The van der Waals surface area contributed by atoms with Crippen molar-refractivity contribution < 1.29 is 19.8 Å². The number of hydrogen-bond donors (Lipinski definition) is 2. The van der Waals surface area contributed by atoms with Gasteiger partial charge in [0, 0.05) is 27.9 Å². The van der Waals surface area contributed by atoms with Crippen LogP contribution in [-0.2, 0) is 9.59 Å². The minimum atomic E-state index is -1.18. The van der Waals surface area contributed by atoms with Crippen LogP contribution in [0, 0.1) is 0 Å². The Morgan fingerprint density at radius 2 is 1.95 bits per heavy atom. The lowest BCUT2D eigenvalue weighted by molar-refractivity contribution is -0.137. The van der Waals surface area contributed by atoms with Crippen LogP contribution < -0.4 is 0 Å². The molecule has 0 radical (unpaired) electrons. The number of carboxylic acid groups (broad SMARTS) is 2. The van der Waals surface area contributed by atoms with Crippen LogP contribution in [0.5, 0.6) is 0 Å². The highest BCUT2D eigenvalue weighted by Gasteiger charge is 2.34. The molecule has 0 saturated carbocycles. The van der Waals surface area contributed by atoms with Gasteiger partial charge in [0.05, 0.1) is 5.69 Å². The Morgan fingerprint density at radius 1 is 1.26 bits per heavy atom. The second kappa shape index (κ2) is 5.19. The van der Waals surface area contributed by atoms with Crippen molar-refractivity contribution in [1.82, 2.24) is 0 Å². The first-order valence-electron chi connectivity index (χ1n) is 5.42. The van der Waals surface area contributed by atoms with E-state index in [0.717, 1.165) is 0 Å². The molecule has 0 fully saturated rings. The molecule has 0 amide bonds. The summed E-state index contributed by atoms with van der Waals surface area (Å²) in [6.45, 7) is 0. The van der Waals surface area contributed by atoms with Gasteiger partial charge >= 0.3 is 11.9 Å². The minimum Gasteiger partial charge on any atom is -0.481 e. The summed E-state index contributed by atoms with van der Waals surface area (Å²) >= 11 is 11.9. The third-order valence-electron chi connectivity index (χ3n) is 2.86. The van der Waals surface area contributed by atoms with Gasteiger partial charge in [-0.2, -0.15) is 0 Å². The number of benzene rings is 1. The Balaban J connectivity index is 2.44. The van der Waals surface area contributed by atoms with Crippen LogP contribution >= 0.6 is 23.2 Å². The summed E-state index contributed by atoms with van der Waals surface area (Å²) in [5, 5.41) is 18.5. The molecule has 5 nitrogen and oxygen atoms in total. The monoisotopic (exact) mass is 301 g/mol. The number of aliphatic carboxylic acids is 2. The molecular formula is C12H9Cl2NO4.